The second-order valence-electron chi connectivity index (χ2n) is 4.80. The molecule has 1 heterocycles. The van der Waals surface area contributed by atoms with Gasteiger partial charge in [-0.2, -0.15) is 0 Å². The van der Waals surface area contributed by atoms with Crippen LogP contribution in [-0.2, 0) is 12.8 Å². The number of nitrogens with two attached hydrogens (primary N) is 1. The Bertz CT molecular complexity index is 643. The lowest BCUT2D eigenvalue weighted by atomic mass is 9.96. The number of nitrogen functional groups attached to an aromatic ring is 1. The number of benzene rings is 1. The first-order valence-corrected chi connectivity index (χ1v) is 7.68. The van der Waals surface area contributed by atoms with Crippen LogP contribution in [0.3, 0.4) is 0 Å². The molecule has 1 aromatic heterocycles. The molecule has 1 aliphatic carbocycles. The number of anilines is 1. The number of rotatable bonds is 2. The lowest BCUT2D eigenvalue weighted by Crippen LogP contribution is -2.17. The first kappa shape index (κ1) is 13.8. The minimum Gasteiger partial charge on any atom is -0.308 e. The maximum absolute atomic E-state index is 5.98. The Kier molecular flexibility index (Phi) is 3.92. The highest BCUT2D eigenvalue weighted by molar-refractivity contribution is 9.10. The lowest BCUT2D eigenvalue weighted by Gasteiger charge is -2.19. The molecule has 0 radical (unpaired) electrons. The van der Waals surface area contributed by atoms with Gasteiger partial charge in [0, 0.05) is 26.3 Å². The molecule has 104 valence electrons. The van der Waals surface area contributed by atoms with E-state index in [4.69, 9.17) is 22.4 Å². The van der Waals surface area contributed by atoms with Crippen LogP contribution in [0.4, 0.5) is 5.82 Å². The Labute approximate surface area is 130 Å². The monoisotopic (exact) mass is 352 g/mol. The third kappa shape index (κ3) is 2.53. The van der Waals surface area contributed by atoms with Crippen molar-refractivity contribution in [3.8, 4) is 11.4 Å². The molecule has 0 unspecified atom stereocenters. The summed E-state index contributed by atoms with van der Waals surface area (Å²) in [4.78, 5) is 9.25. The summed E-state index contributed by atoms with van der Waals surface area (Å²) >= 11 is 9.49. The van der Waals surface area contributed by atoms with E-state index in [2.05, 4.69) is 26.3 Å². The van der Waals surface area contributed by atoms with Crippen LogP contribution in [0.15, 0.2) is 22.7 Å². The average Bonchev–Trinajstić information content (AvgIpc) is 2.46. The molecule has 3 rings (SSSR count). The first-order valence-electron chi connectivity index (χ1n) is 6.51. The molecule has 0 saturated carbocycles. The van der Waals surface area contributed by atoms with Gasteiger partial charge in [0.2, 0.25) is 0 Å². The van der Waals surface area contributed by atoms with E-state index in [0.29, 0.717) is 10.8 Å². The van der Waals surface area contributed by atoms with Gasteiger partial charge in [0.25, 0.3) is 0 Å². The topological polar surface area (TPSA) is 63.8 Å². The van der Waals surface area contributed by atoms with E-state index in [9.17, 15) is 0 Å². The van der Waals surface area contributed by atoms with E-state index in [1.807, 2.05) is 18.2 Å². The Morgan fingerprint density at radius 1 is 1.20 bits per heavy atom. The third-order valence-electron chi connectivity index (χ3n) is 3.49. The van der Waals surface area contributed by atoms with Gasteiger partial charge in [-0.3, -0.25) is 0 Å². The quantitative estimate of drug-likeness (QED) is 0.638. The number of nitrogens with zero attached hydrogens (tertiary/aromatic N) is 2. The van der Waals surface area contributed by atoms with Crippen LogP contribution < -0.4 is 11.3 Å². The van der Waals surface area contributed by atoms with Crippen molar-refractivity contribution in [2.75, 3.05) is 5.43 Å². The second kappa shape index (κ2) is 5.68. The highest BCUT2D eigenvalue weighted by atomic mass is 79.9. The zero-order valence-electron chi connectivity index (χ0n) is 10.8. The molecular weight excluding hydrogens is 340 g/mol. The predicted molar refractivity (Wildman–Crippen MR) is 84.6 cm³/mol. The Morgan fingerprint density at radius 3 is 2.75 bits per heavy atom. The van der Waals surface area contributed by atoms with Crippen LogP contribution in [-0.4, -0.2) is 9.97 Å². The number of hydrogen-bond acceptors (Lipinski definition) is 4. The zero-order chi connectivity index (χ0) is 14.1. The Morgan fingerprint density at radius 2 is 2.00 bits per heavy atom. The van der Waals surface area contributed by atoms with Crippen molar-refractivity contribution in [3.63, 3.8) is 0 Å². The summed E-state index contributed by atoms with van der Waals surface area (Å²) in [5, 5.41) is 0.677. The highest BCUT2D eigenvalue weighted by Crippen LogP contribution is 2.32. The molecule has 0 spiro atoms. The lowest BCUT2D eigenvalue weighted by molar-refractivity contribution is 0.665. The minimum atomic E-state index is 0.669. The fourth-order valence-electron chi connectivity index (χ4n) is 2.50. The van der Waals surface area contributed by atoms with Crippen molar-refractivity contribution in [3.05, 3.63) is 39.0 Å². The van der Waals surface area contributed by atoms with Crippen molar-refractivity contribution in [2.24, 2.45) is 5.84 Å². The highest BCUT2D eigenvalue weighted by Gasteiger charge is 2.18. The van der Waals surface area contributed by atoms with E-state index in [1.165, 1.54) is 0 Å². The number of aromatic nitrogens is 2. The molecule has 4 nitrogen and oxygen atoms in total. The minimum absolute atomic E-state index is 0.669. The summed E-state index contributed by atoms with van der Waals surface area (Å²) in [6.45, 7) is 0. The standard InChI is InChI=1S/C14H14BrClN4/c15-11-7-8(16)5-6-9(11)13-18-12-4-2-1-3-10(12)14(19-13)20-17/h5-7H,1-4,17H2,(H,18,19,20). The number of aryl methyl sites for hydroxylation is 1. The van der Waals surface area contributed by atoms with Crippen molar-refractivity contribution < 1.29 is 0 Å². The molecule has 0 aliphatic heterocycles. The van der Waals surface area contributed by atoms with E-state index in [-0.39, 0.29) is 0 Å². The largest absolute Gasteiger partial charge is 0.308 e. The second-order valence-corrected chi connectivity index (χ2v) is 6.09. The molecule has 0 saturated heterocycles. The summed E-state index contributed by atoms with van der Waals surface area (Å²) in [6, 6.07) is 5.59. The molecule has 0 bridgehead atoms. The van der Waals surface area contributed by atoms with Crippen LogP contribution in [0.5, 0.6) is 0 Å². The first-order chi connectivity index (χ1) is 9.69. The number of nitrogens with one attached hydrogen (secondary N) is 1. The number of hydrogen-bond donors (Lipinski definition) is 2. The van der Waals surface area contributed by atoms with Gasteiger partial charge in [0.15, 0.2) is 5.82 Å². The summed E-state index contributed by atoms with van der Waals surface area (Å²) in [7, 11) is 0. The molecular formula is C14H14BrClN4. The molecule has 0 atom stereocenters. The fourth-order valence-corrected chi connectivity index (χ4v) is 3.36. The Balaban J connectivity index is 2.14. The van der Waals surface area contributed by atoms with Crippen molar-refractivity contribution >= 4 is 33.3 Å². The summed E-state index contributed by atoms with van der Waals surface area (Å²) in [5.74, 6) is 7.01. The number of hydrazine groups is 1. The molecule has 0 amide bonds. The molecule has 0 fully saturated rings. The van der Waals surface area contributed by atoms with Gasteiger partial charge in [-0.1, -0.05) is 11.6 Å². The fraction of sp³-hybridized carbons (Fsp3) is 0.286. The predicted octanol–water partition coefficient (Wildman–Crippen LogP) is 3.72. The SMILES string of the molecule is NNc1nc(-c2ccc(Cl)cc2Br)nc2c1CCCC2. The van der Waals surface area contributed by atoms with Crippen LogP contribution in [0.2, 0.25) is 5.02 Å². The van der Waals surface area contributed by atoms with Crippen LogP contribution in [0, 0.1) is 0 Å². The maximum atomic E-state index is 5.98. The van der Waals surface area contributed by atoms with Gasteiger partial charge in [-0.05, 0) is 59.8 Å². The molecule has 2 aromatic rings. The van der Waals surface area contributed by atoms with E-state index < -0.39 is 0 Å². The number of fused-ring (bicyclic) bond motifs is 1. The average molecular weight is 354 g/mol. The van der Waals surface area contributed by atoms with Gasteiger partial charge in [-0.25, -0.2) is 15.8 Å². The van der Waals surface area contributed by atoms with E-state index in [1.54, 1.807) is 0 Å². The number of halogens is 2. The van der Waals surface area contributed by atoms with Crippen molar-refractivity contribution in [1.82, 2.24) is 9.97 Å². The zero-order valence-corrected chi connectivity index (χ0v) is 13.1. The smallest absolute Gasteiger partial charge is 0.162 e. The molecule has 1 aromatic carbocycles. The van der Waals surface area contributed by atoms with Crippen LogP contribution in [0.25, 0.3) is 11.4 Å². The van der Waals surface area contributed by atoms with Crippen molar-refractivity contribution in [1.29, 1.82) is 0 Å². The van der Waals surface area contributed by atoms with Gasteiger partial charge < -0.3 is 5.43 Å². The molecule has 20 heavy (non-hydrogen) atoms. The van der Waals surface area contributed by atoms with E-state index in [0.717, 1.165) is 52.8 Å². The van der Waals surface area contributed by atoms with Gasteiger partial charge in [0.1, 0.15) is 5.82 Å². The molecule has 6 heteroatoms. The maximum Gasteiger partial charge on any atom is 0.162 e. The molecule has 1 aliphatic rings. The van der Waals surface area contributed by atoms with Gasteiger partial charge >= 0.3 is 0 Å². The van der Waals surface area contributed by atoms with Crippen molar-refractivity contribution in [2.45, 2.75) is 25.7 Å². The van der Waals surface area contributed by atoms with E-state index >= 15 is 0 Å². The summed E-state index contributed by atoms with van der Waals surface area (Å²) < 4.78 is 0.878. The van der Waals surface area contributed by atoms with Crippen LogP contribution >= 0.6 is 27.5 Å². The summed E-state index contributed by atoms with van der Waals surface area (Å²) in [6.07, 6.45) is 4.28. The molecule has 3 N–H and O–H groups in total. The normalized spacial score (nSPS) is 13.9. The van der Waals surface area contributed by atoms with Gasteiger partial charge in [-0.15, -0.1) is 0 Å². The Hall–Kier alpha value is -1.17. The van der Waals surface area contributed by atoms with Gasteiger partial charge in [0.05, 0.1) is 0 Å². The summed E-state index contributed by atoms with van der Waals surface area (Å²) in [5.41, 5.74) is 5.86. The van der Waals surface area contributed by atoms with Crippen LogP contribution in [0.1, 0.15) is 24.1 Å². The third-order valence-corrected chi connectivity index (χ3v) is 4.38.